The third-order valence-corrected chi connectivity index (χ3v) is 5.24. The third-order valence-electron chi connectivity index (χ3n) is 3.05. The van der Waals surface area contributed by atoms with Gasteiger partial charge in [0.15, 0.2) is 5.75 Å². The smallest absolute Gasteiger partial charge is 0.303 e. The van der Waals surface area contributed by atoms with Crippen LogP contribution in [0.4, 0.5) is 0 Å². The van der Waals surface area contributed by atoms with Crippen LogP contribution < -0.4 is 0 Å². The van der Waals surface area contributed by atoms with Crippen molar-refractivity contribution in [3.05, 3.63) is 0 Å². The molecule has 2 N–H and O–H groups in total. The summed E-state index contributed by atoms with van der Waals surface area (Å²) in [7, 11) is -2.82. The number of likely N-dealkylation sites (tertiary alicyclic amines) is 1. The third kappa shape index (κ3) is 8.90. The average molecular weight is 282 g/mol. The van der Waals surface area contributed by atoms with E-state index in [0.717, 1.165) is 23.2 Å². The van der Waals surface area contributed by atoms with Crippen LogP contribution >= 0.6 is 0 Å². The van der Waals surface area contributed by atoms with Crippen LogP contribution in [-0.2, 0) is 19.4 Å². The summed E-state index contributed by atoms with van der Waals surface area (Å²) in [5.41, 5.74) is 0. The second kappa shape index (κ2) is 8.37. The van der Waals surface area contributed by atoms with E-state index in [4.69, 9.17) is 9.11 Å². The average Bonchev–Trinajstić information content (AvgIpc) is 2.73. The highest BCUT2D eigenvalue weighted by atomic mass is 32.9. The topological polar surface area (TPSA) is 60.8 Å². The van der Waals surface area contributed by atoms with Gasteiger partial charge >= 0.3 is 9.05 Å². The molecule has 0 radical (unpaired) electrons. The monoisotopic (exact) mass is 282 g/mol. The molecule has 6 heteroatoms. The van der Waals surface area contributed by atoms with Gasteiger partial charge in [-0.05, 0) is 45.3 Å². The van der Waals surface area contributed by atoms with E-state index >= 15 is 0 Å². The number of nitrogens with zero attached hydrogens (tertiary/aromatic N) is 1. The van der Waals surface area contributed by atoms with Crippen molar-refractivity contribution in [3.8, 4) is 0 Å². The van der Waals surface area contributed by atoms with Crippen molar-refractivity contribution < 1.29 is 13.3 Å². The molecule has 4 nitrogen and oxygen atoms in total. The van der Waals surface area contributed by atoms with E-state index in [2.05, 4.69) is 4.90 Å². The van der Waals surface area contributed by atoms with Crippen molar-refractivity contribution in [1.82, 2.24) is 4.90 Å². The molecule has 1 saturated heterocycles. The van der Waals surface area contributed by atoms with Gasteiger partial charge in [0.2, 0.25) is 0 Å². The van der Waals surface area contributed by atoms with Gasteiger partial charge in [0.1, 0.15) is 0 Å². The number of unbranched alkanes of at least 4 members (excludes halogenated alkanes) is 4. The molecular weight excluding hydrogens is 258 g/mol. The Bertz CT molecular complexity index is 300. The van der Waals surface area contributed by atoms with Crippen molar-refractivity contribution in [3.63, 3.8) is 0 Å². The quantitative estimate of drug-likeness (QED) is 0.529. The highest BCUT2D eigenvalue weighted by Crippen LogP contribution is 2.10. The van der Waals surface area contributed by atoms with E-state index in [9.17, 15) is 4.21 Å². The van der Waals surface area contributed by atoms with Gasteiger partial charge < -0.3 is 4.90 Å². The molecule has 0 aromatic carbocycles. The lowest BCUT2D eigenvalue weighted by Crippen LogP contribution is -2.20. The van der Waals surface area contributed by atoms with E-state index in [0.29, 0.717) is 5.75 Å². The van der Waals surface area contributed by atoms with Crippen LogP contribution in [0.5, 0.6) is 0 Å². The molecule has 0 aromatic heterocycles. The Morgan fingerprint density at radius 1 is 1.00 bits per heavy atom. The lowest BCUT2D eigenvalue weighted by atomic mass is 10.1. The summed E-state index contributed by atoms with van der Waals surface area (Å²) in [6.07, 6.45) is 8.41. The highest BCUT2D eigenvalue weighted by molar-refractivity contribution is 8.34. The summed E-state index contributed by atoms with van der Waals surface area (Å²) >= 11 is 0. The first-order chi connectivity index (χ1) is 8.08. The van der Waals surface area contributed by atoms with Gasteiger partial charge in [-0.3, -0.25) is 9.11 Å². The molecule has 0 aliphatic carbocycles. The molecule has 0 atom stereocenters. The zero-order valence-corrected chi connectivity index (χ0v) is 12.0. The van der Waals surface area contributed by atoms with Crippen molar-refractivity contribution in [2.45, 2.75) is 44.9 Å². The molecule has 0 bridgehead atoms. The Morgan fingerprint density at radius 2 is 1.59 bits per heavy atom. The van der Waals surface area contributed by atoms with Gasteiger partial charge in [-0.25, -0.2) is 0 Å². The first kappa shape index (κ1) is 15.3. The van der Waals surface area contributed by atoms with Gasteiger partial charge in [-0.2, -0.15) is 4.21 Å². The van der Waals surface area contributed by atoms with Crippen LogP contribution in [0.15, 0.2) is 0 Å². The Kier molecular flexibility index (Phi) is 7.54. The molecule has 0 amide bonds. The van der Waals surface area contributed by atoms with Gasteiger partial charge in [-0.1, -0.05) is 12.8 Å². The normalized spacial score (nSPS) is 17.5. The predicted molar refractivity (Wildman–Crippen MR) is 74.4 cm³/mol. The molecule has 1 aliphatic heterocycles. The zero-order chi connectivity index (χ0) is 12.6. The molecule has 0 saturated carbocycles. The summed E-state index contributed by atoms with van der Waals surface area (Å²) in [6, 6.07) is 0. The van der Waals surface area contributed by atoms with Gasteiger partial charge in [0.05, 0.1) is 0 Å². The van der Waals surface area contributed by atoms with Gasteiger partial charge in [-0.15, -0.1) is 0 Å². The SMILES string of the molecule is O=S(O)(O)=[S+]CCCCCCCN1CCCC1. The fraction of sp³-hybridized carbons (Fsp3) is 1.00. The molecule has 1 heterocycles. The minimum atomic E-state index is -3.57. The molecule has 1 aliphatic rings. The summed E-state index contributed by atoms with van der Waals surface area (Å²) in [5.74, 6) is 0.567. The molecule has 1 fully saturated rings. The summed E-state index contributed by atoms with van der Waals surface area (Å²) in [4.78, 5) is 2.53. The maximum Gasteiger partial charge on any atom is 0.430 e. The van der Waals surface area contributed by atoms with Gasteiger partial charge in [0, 0.05) is 6.42 Å². The second-order valence-electron chi connectivity index (χ2n) is 4.59. The number of rotatable bonds is 8. The molecule has 1 rings (SSSR count). The largest absolute Gasteiger partial charge is 0.430 e. The minimum Gasteiger partial charge on any atom is -0.303 e. The highest BCUT2D eigenvalue weighted by Gasteiger charge is 2.10. The molecule has 0 aromatic rings. The zero-order valence-electron chi connectivity index (χ0n) is 10.3. The van der Waals surface area contributed by atoms with Crippen LogP contribution in [0, 0.1) is 0 Å². The van der Waals surface area contributed by atoms with Crippen molar-refractivity contribution in [2.75, 3.05) is 25.4 Å². The van der Waals surface area contributed by atoms with E-state index in [1.165, 1.54) is 51.7 Å². The molecule has 0 unspecified atom stereocenters. The Labute approximate surface area is 108 Å². The van der Waals surface area contributed by atoms with E-state index < -0.39 is 9.05 Å². The first-order valence-corrected chi connectivity index (χ1v) is 9.41. The number of hydrogen-bond acceptors (Lipinski definition) is 2. The summed E-state index contributed by atoms with van der Waals surface area (Å²) in [6.45, 7) is 3.78. The minimum absolute atomic E-state index is 0.567. The maximum absolute atomic E-state index is 10.5. The Hall–Kier alpha value is 0.250. The predicted octanol–water partition coefficient (Wildman–Crippen LogP) is 2.26. The van der Waals surface area contributed by atoms with E-state index in [1.807, 2.05) is 0 Å². The summed E-state index contributed by atoms with van der Waals surface area (Å²) in [5, 5.41) is 0. The van der Waals surface area contributed by atoms with Crippen LogP contribution in [0.3, 0.4) is 0 Å². The van der Waals surface area contributed by atoms with E-state index in [1.54, 1.807) is 0 Å². The maximum atomic E-state index is 10.5. The van der Waals surface area contributed by atoms with Crippen molar-refractivity contribution in [1.29, 1.82) is 0 Å². The standard InChI is InChI=1S/C11H23NO3S2/c13-17(14,15)16-11-7-3-1-2-4-8-12-9-5-6-10-12/h1-11H2,(H-,13,14,15)/p+1. The fourth-order valence-corrected chi connectivity index (χ4v) is 3.69. The lowest BCUT2D eigenvalue weighted by molar-refractivity contribution is 0.328. The summed E-state index contributed by atoms with van der Waals surface area (Å²) < 4.78 is 27.8. The lowest BCUT2D eigenvalue weighted by Gasteiger charge is -2.13. The fourth-order valence-electron chi connectivity index (χ4n) is 2.14. The molecule has 102 valence electrons. The van der Waals surface area contributed by atoms with E-state index in [-0.39, 0.29) is 0 Å². The molecular formula is C11H24NO3S2+. The van der Waals surface area contributed by atoms with Gasteiger partial charge in [0.25, 0.3) is 10.3 Å². The Balaban J connectivity index is 1.86. The van der Waals surface area contributed by atoms with Crippen LogP contribution in [0.25, 0.3) is 0 Å². The number of hydrogen-bond donors (Lipinski definition) is 2. The van der Waals surface area contributed by atoms with Crippen LogP contribution in [-0.4, -0.2) is 43.6 Å². The van der Waals surface area contributed by atoms with Crippen LogP contribution in [0.2, 0.25) is 0 Å². The second-order valence-corrected chi connectivity index (χ2v) is 8.14. The molecule has 0 spiro atoms. The molecule has 17 heavy (non-hydrogen) atoms. The van der Waals surface area contributed by atoms with Crippen LogP contribution in [0.1, 0.15) is 44.9 Å². The van der Waals surface area contributed by atoms with Crippen molar-refractivity contribution in [2.24, 2.45) is 0 Å². The first-order valence-electron chi connectivity index (χ1n) is 6.44. The van der Waals surface area contributed by atoms with Crippen molar-refractivity contribution >= 4 is 19.4 Å². The Morgan fingerprint density at radius 3 is 2.24 bits per heavy atom.